The Bertz CT molecular complexity index is 645. The molecular formula is C14H13N3S2. The largest absolute Gasteiger partial charge is 0.330 e. The summed E-state index contributed by atoms with van der Waals surface area (Å²) in [7, 11) is 0. The van der Waals surface area contributed by atoms with Crippen molar-refractivity contribution in [2.24, 2.45) is 0 Å². The van der Waals surface area contributed by atoms with E-state index in [1.807, 2.05) is 18.2 Å². The van der Waals surface area contributed by atoms with Crippen molar-refractivity contribution >= 4 is 33.5 Å². The molecule has 0 radical (unpaired) electrons. The van der Waals surface area contributed by atoms with Crippen LogP contribution in [0.4, 0.5) is 10.8 Å². The summed E-state index contributed by atoms with van der Waals surface area (Å²) < 4.78 is 0. The quantitative estimate of drug-likeness (QED) is 0.763. The number of thiazole rings is 1. The fraction of sp³-hybridized carbons (Fsp3) is 0.143. The van der Waals surface area contributed by atoms with Crippen molar-refractivity contribution in [3.63, 3.8) is 0 Å². The second kappa shape index (κ2) is 5.50. The van der Waals surface area contributed by atoms with E-state index >= 15 is 0 Å². The molecule has 0 aliphatic rings. The molecule has 1 N–H and O–H groups in total. The number of pyridine rings is 1. The number of hydrogen-bond acceptors (Lipinski definition) is 5. The van der Waals surface area contributed by atoms with E-state index in [9.17, 15) is 0 Å². The van der Waals surface area contributed by atoms with Crippen molar-refractivity contribution in [2.45, 2.75) is 13.3 Å². The molecular weight excluding hydrogens is 274 g/mol. The summed E-state index contributed by atoms with van der Waals surface area (Å²) in [5.74, 6) is 0.853. The van der Waals surface area contributed by atoms with Gasteiger partial charge in [-0.1, -0.05) is 19.1 Å². The zero-order valence-corrected chi connectivity index (χ0v) is 12.1. The number of anilines is 2. The predicted octanol–water partition coefficient (Wildman–Crippen LogP) is 4.57. The molecule has 96 valence electrons. The molecule has 0 saturated carbocycles. The molecule has 0 aliphatic carbocycles. The molecule has 3 rings (SSSR count). The van der Waals surface area contributed by atoms with Gasteiger partial charge in [-0.15, -0.1) is 22.7 Å². The Labute approximate surface area is 120 Å². The van der Waals surface area contributed by atoms with E-state index in [2.05, 4.69) is 34.7 Å². The third kappa shape index (κ3) is 2.67. The predicted molar refractivity (Wildman–Crippen MR) is 82.3 cm³/mol. The van der Waals surface area contributed by atoms with Gasteiger partial charge < -0.3 is 5.32 Å². The molecule has 3 aromatic rings. The van der Waals surface area contributed by atoms with Gasteiger partial charge in [0.1, 0.15) is 16.5 Å². The number of rotatable bonds is 4. The minimum atomic E-state index is 0.853. The fourth-order valence-electron chi connectivity index (χ4n) is 1.73. The van der Waals surface area contributed by atoms with E-state index < -0.39 is 0 Å². The van der Waals surface area contributed by atoms with Crippen LogP contribution in [-0.2, 0) is 6.42 Å². The summed E-state index contributed by atoms with van der Waals surface area (Å²) in [4.78, 5) is 10.2. The molecule has 0 aromatic carbocycles. The van der Waals surface area contributed by atoms with Gasteiger partial charge >= 0.3 is 0 Å². The van der Waals surface area contributed by atoms with Gasteiger partial charge in [0, 0.05) is 6.20 Å². The van der Waals surface area contributed by atoms with Crippen LogP contribution in [0.2, 0.25) is 0 Å². The summed E-state index contributed by atoms with van der Waals surface area (Å²) in [5.41, 5.74) is 1.03. The van der Waals surface area contributed by atoms with Crippen LogP contribution in [-0.4, -0.2) is 9.97 Å². The Hall–Kier alpha value is -1.72. The van der Waals surface area contributed by atoms with Gasteiger partial charge in [0.25, 0.3) is 0 Å². The monoisotopic (exact) mass is 287 g/mol. The SMILES string of the molecule is CCc1nc(-c2cccs2)c(Nc2ccccn2)s1. The molecule has 0 spiro atoms. The number of aryl methyl sites for hydroxylation is 1. The summed E-state index contributed by atoms with van der Waals surface area (Å²) in [5, 5.41) is 7.65. The lowest BCUT2D eigenvalue weighted by molar-refractivity contribution is 1.10. The molecule has 3 heterocycles. The van der Waals surface area contributed by atoms with Crippen molar-refractivity contribution in [2.75, 3.05) is 5.32 Å². The maximum atomic E-state index is 4.71. The normalized spacial score (nSPS) is 10.6. The molecule has 0 fully saturated rings. The van der Waals surface area contributed by atoms with Crippen LogP contribution in [0.15, 0.2) is 41.9 Å². The van der Waals surface area contributed by atoms with Crippen molar-refractivity contribution in [3.05, 3.63) is 46.9 Å². The number of nitrogens with one attached hydrogen (secondary N) is 1. The summed E-state index contributed by atoms with van der Waals surface area (Å²) >= 11 is 3.41. The van der Waals surface area contributed by atoms with Crippen molar-refractivity contribution in [1.29, 1.82) is 0 Å². The average Bonchev–Trinajstić information content (AvgIpc) is 3.08. The lowest BCUT2D eigenvalue weighted by atomic mass is 10.3. The Morgan fingerprint density at radius 2 is 2.16 bits per heavy atom. The zero-order valence-electron chi connectivity index (χ0n) is 10.5. The number of aromatic nitrogens is 2. The minimum Gasteiger partial charge on any atom is -0.330 e. The molecule has 0 atom stereocenters. The first kappa shape index (κ1) is 12.3. The van der Waals surface area contributed by atoms with Gasteiger partial charge in [-0.05, 0) is 30.0 Å². The topological polar surface area (TPSA) is 37.8 Å². The molecule has 0 aliphatic heterocycles. The summed E-state index contributed by atoms with van der Waals surface area (Å²) in [6.07, 6.45) is 2.74. The van der Waals surface area contributed by atoms with Crippen LogP contribution < -0.4 is 5.32 Å². The molecule has 3 aromatic heterocycles. The van der Waals surface area contributed by atoms with Crippen molar-refractivity contribution in [1.82, 2.24) is 9.97 Å². The molecule has 3 nitrogen and oxygen atoms in total. The molecule has 0 bridgehead atoms. The Morgan fingerprint density at radius 3 is 2.84 bits per heavy atom. The van der Waals surface area contributed by atoms with E-state index in [-0.39, 0.29) is 0 Å². The third-order valence-electron chi connectivity index (χ3n) is 2.63. The Kier molecular flexibility index (Phi) is 3.57. The highest BCUT2D eigenvalue weighted by Crippen LogP contribution is 2.37. The second-order valence-corrected chi connectivity index (χ2v) is 5.99. The number of nitrogens with zero attached hydrogens (tertiary/aromatic N) is 2. The highest BCUT2D eigenvalue weighted by atomic mass is 32.1. The van der Waals surface area contributed by atoms with E-state index in [0.717, 1.165) is 27.9 Å². The van der Waals surface area contributed by atoms with E-state index in [1.54, 1.807) is 28.9 Å². The van der Waals surface area contributed by atoms with Gasteiger partial charge in [0.2, 0.25) is 0 Å². The number of thiophene rings is 1. The maximum absolute atomic E-state index is 4.71. The van der Waals surface area contributed by atoms with Crippen LogP contribution >= 0.6 is 22.7 Å². The van der Waals surface area contributed by atoms with Crippen molar-refractivity contribution < 1.29 is 0 Å². The molecule has 19 heavy (non-hydrogen) atoms. The lowest BCUT2D eigenvalue weighted by Crippen LogP contribution is -1.91. The first-order valence-corrected chi connectivity index (χ1v) is 7.78. The van der Waals surface area contributed by atoms with Crippen LogP contribution in [0.3, 0.4) is 0 Å². The molecule has 0 saturated heterocycles. The molecule has 5 heteroatoms. The standard InChI is InChI=1S/C14H13N3S2/c1-2-12-17-13(10-6-5-9-18-10)14(19-12)16-11-7-3-4-8-15-11/h3-9H,2H2,1H3,(H,15,16). The highest BCUT2D eigenvalue weighted by Gasteiger charge is 2.13. The number of hydrogen-bond donors (Lipinski definition) is 1. The van der Waals surface area contributed by atoms with Crippen LogP contribution in [0.25, 0.3) is 10.6 Å². The van der Waals surface area contributed by atoms with Gasteiger partial charge in [-0.25, -0.2) is 9.97 Å². The van der Waals surface area contributed by atoms with Gasteiger partial charge in [-0.2, -0.15) is 0 Å². The zero-order chi connectivity index (χ0) is 13.1. The molecule has 0 unspecified atom stereocenters. The lowest BCUT2D eigenvalue weighted by Gasteiger charge is -2.03. The van der Waals surface area contributed by atoms with E-state index in [0.29, 0.717) is 0 Å². The smallest absolute Gasteiger partial charge is 0.130 e. The summed E-state index contributed by atoms with van der Waals surface area (Å²) in [6, 6.07) is 10.00. The first-order valence-electron chi connectivity index (χ1n) is 6.08. The second-order valence-electron chi connectivity index (χ2n) is 3.96. The van der Waals surface area contributed by atoms with E-state index in [4.69, 9.17) is 4.98 Å². The van der Waals surface area contributed by atoms with E-state index in [1.165, 1.54) is 4.88 Å². The third-order valence-corrected chi connectivity index (χ3v) is 4.63. The molecule has 0 amide bonds. The van der Waals surface area contributed by atoms with Gasteiger partial charge in [-0.3, -0.25) is 0 Å². The van der Waals surface area contributed by atoms with Crippen LogP contribution in [0.5, 0.6) is 0 Å². The highest BCUT2D eigenvalue weighted by molar-refractivity contribution is 7.17. The van der Waals surface area contributed by atoms with Crippen LogP contribution in [0, 0.1) is 0 Å². The van der Waals surface area contributed by atoms with Crippen LogP contribution in [0.1, 0.15) is 11.9 Å². The fourth-order valence-corrected chi connectivity index (χ4v) is 3.44. The van der Waals surface area contributed by atoms with Gasteiger partial charge in [0.05, 0.1) is 9.88 Å². The average molecular weight is 287 g/mol. The minimum absolute atomic E-state index is 0.853. The van der Waals surface area contributed by atoms with Gasteiger partial charge in [0.15, 0.2) is 0 Å². The van der Waals surface area contributed by atoms with Crippen molar-refractivity contribution in [3.8, 4) is 10.6 Å². The Balaban J connectivity index is 1.98. The maximum Gasteiger partial charge on any atom is 0.130 e. The first-order chi connectivity index (χ1) is 9.36. The summed E-state index contributed by atoms with van der Waals surface area (Å²) in [6.45, 7) is 2.13. The Morgan fingerprint density at radius 1 is 1.21 bits per heavy atom.